The number of nitrogens with zero attached hydrogens (tertiary/aromatic N) is 4. The summed E-state index contributed by atoms with van der Waals surface area (Å²) < 4.78 is 14.7. The van der Waals surface area contributed by atoms with E-state index >= 15 is 0 Å². The molecule has 2 aliphatic rings. The maximum Gasteiger partial charge on any atom is 0.251 e. The van der Waals surface area contributed by atoms with Crippen LogP contribution in [0.25, 0.3) is 28.0 Å². The first kappa shape index (κ1) is 22.2. The second-order valence-corrected chi connectivity index (χ2v) is 9.34. The summed E-state index contributed by atoms with van der Waals surface area (Å²) in [6.45, 7) is 2.48. The van der Waals surface area contributed by atoms with E-state index in [1.807, 2.05) is 44.4 Å². The van der Waals surface area contributed by atoms with Crippen molar-refractivity contribution >= 4 is 23.2 Å². The van der Waals surface area contributed by atoms with Gasteiger partial charge in [0, 0.05) is 36.1 Å². The summed E-state index contributed by atoms with van der Waals surface area (Å²) in [6, 6.07) is 11.0. The standard InChI is InChI=1S/C25H24ClN5O4/c1-13-17(10-30(2)29-13)15-5-3-4-6-16(15)21-24(26)31-8-7-14(9-20(31)28-21)25(33)27-18-11-34-23-19(32)12-35-22(18)23/h3-10,18-19,22-23,32H,11-12H2,1-2H3,(H,27,33)/t18-,19+,22+,23+/m0/s1. The second-order valence-electron chi connectivity index (χ2n) is 8.99. The zero-order valence-corrected chi connectivity index (χ0v) is 19.9. The lowest BCUT2D eigenvalue weighted by molar-refractivity contribution is 0.0178. The van der Waals surface area contributed by atoms with Gasteiger partial charge in [0.15, 0.2) is 0 Å². The van der Waals surface area contributed by atoms with E-state index in [0.717, 1.165) is 22.4 Å². The van der Waals surface area contributed by atoms with Gasteiger partial charge in [-0.15, -0.1) is 0 Å². The zero-order chi connectivity index (χ0) is 24.3. The minimum absolute atomic E-state index is 0.211. The van der Waals surface area contributed by atoms with Gasteiger partial charge in [0.05, 0.1) is 24.9 Å². The number of carbonyl (C=O) groups excluding carboxylic acids is 1. The van der Waals surface area contributed by atoms with Gasteiger partial charge >= 0.3 is 0 Å². The fourth-order valence-corrected chi connectivity index (χ4v) is 5.26. The summed E-state index contributed by atoms with van der Waals surface area (Å²) in [5.41, 5.74) is 5.42. The number of benzene rings is 1. The van der Waals surface area contributed by atoms with E-state index in [9.17, 15) is 9.90 Å². The first-order chi connectivity index (χ1) is 16.9. The molecule has 0 bridgehead atoms. The Morgan fingerprint density at radius 3 is 2.69 bits per heavy atom. The Morgan fingerprint density at radius 2 is 1.91 bits per heavy atom. The van der Waals surface area contributed by atoms with Crippen LogP contribution in [0, 0.1) is 6.92 Å². The first-order valence-electron chi connectivity index (χ1n) is 11.4. The molecule has 4 aromatic rings. The molecule has 0 spiro atoms. The molecule has 5 heterocycles. The third kappa shape index (κ3) is 3.71. The molecule has 35 heavy (non-hydrogen) atoms. The number of hydrogen-bond acceptors (Lipinski definition) is 6. The molecule has 3 aromatic heterocycles. The summed E-state index contributed by atoms with van der Waals surface area (Å²) in [5, 5.41) is 17.8. The molecule has 9 nitrogen and oxygen atoms in total. The van der Waals surface area contributed by atoms with Crippen LogP contribution in [0.3, 0.4) is 0 Å². The summed E-state index contributed by atoms with van der Waals surface area (Å²) in [5.74, 6) is -0.265. The lowest BCUT2D eigenvalue weighted by atomic mass is 9.99. The molecule has 0 saturated carbocycles. The Morgan fingerprint density at radius 1 is 1.14 bits per heavy atom. The normalized spacial score (nSPS) is 23.7. The predicted octanol–water partition coefficient (Wildman–Crippen LogP) is 2.62. The van der Waals surface area contributed by atoms with Gasteiger partial charge in [-0.2, -0.15) is 5.10 Å². The lowest BCUT2D eigenvalue weighted by Crippen LogP contribution is -2.44. The van der Waals surface area contributed by atoms with Crippen molar-refractivity contribution in [3.05, 3.63) is 65.2 Å². The molecule has 0 aliphatic carbocycles. The maximum absolute atomic E-state index is 13.0. The number of ether oxygens (including phenoxy) is 2. The number of hydrogen-bond donors (Lipinski definition) is 2. The minimum Gasteiger partial charge on any atom is -0.388 e. The molecule has 4 atom stereocenters. The third-order valence-electron chi connectivity index (χ3n) is 6.66. The Bertz CT molecular complexity index is 1450. The van der Waals surface area contributed by atoms with Crippen molar-refractivity contribution in [3.8, 4) is 22.4 Å². The van der Waals surface area contributed by atoms with Crippen molar-refractivity contribution in [1.29, 1.82) is 0 Å². The highest BCUT2D eigenvalue weighted by Crippen LogP contribution is 2.37. The topological polar surface area (TPSA) is 103 Å². The first-order valence-corrected chi connectivity index (χ1v) is 11.8. The molecule has 2 N–H and O–H groups in total. The number of rotatable bonds is 4. The summed E-state index contributed by atoms with van der Waals surface area (Å²) >= 11 is 6.76. The van der Waals surface area contributed by atoms with Crippen molar-refractivity contribution in [2.75, 3.05) is 13.2 Å². The summed E-state index contributed by atoms with van der Waals surface area (Å²) in [6.07, 6.45) is 2.30. The van der Waals surface area contributed by atoms with Gasteiger partial charge in [-0.1, -0.05) is 35.9 Å². The van der Waals surface area contributed by atoms with E-state index in [2.05, 4.69) is 10.4 Å². The van der Waals surface area contributed by atoms with Crippen LogP contribution >= 0.6 is 11.6 Å². The largest absolute Gasteiger partial charge is 0.388 e. The molecular weight excluding hydrogens is 470 g/mol. The Balaban J connectivity index is 1.32. The van der Waals surface area contributed by atoms with Crippen LogP contribution in [0.1, 0.15) is 16.1 Å². The van der Waals surface area contributed by atoms with Crippen molar-refractivity contribution in [1.82, 2.24) is 24.5 Å². The molecule has 2 fully saturated rings. The molecule has 2 saturated heterocycles. The average molecular weight is 494 g/mol. The van der Waals surface area contributed by atoms with Crippen LogP contribution in [-0.2, 0) is 16.5 Å². The van der Waals surface area contributed by atoms with E-state index in [4.69, 9.17) is 26.1 Å². The van der Waals surface area contributed by atoms with Crippen LogP contribution < -0.4 is 5.32 Å². The van der Waals surface area contributed by atoms with E-state index in [1.54, 1.807) is 27.4 Å². The van der Waals surface area contributed by atoms with Crippen molar-refractivity contribution < 1.29 is 19.4 Å². The summed E-state index contributed by atoms with van der Waals surface area (Å²) in [7, 11) is 1.89. The van der Waals surface area contributed by atoms with Gasteiger partial charge in [-0.3, -0.25) is 13.9 Å². The molecule has 10 heteroatoms. The van der Waals surface area contributed by atoms with E-state index in [0.29, 0.717) is 28.7 Å². The monoisotopic (exact) mass is 493 g/mol. The van der Waals surface area contributed by atoms with E-state index in [1.165, 1.54) is 0 Å². The van der Waals surface area contributed by atoms with Gasteiger partial charge in [0.2, 0.25) is 0 Å². The number of fused-ring (bicyclic) bond motifs is 2. The maximum atomic E-state index is 13.0. The highest BCUT2D eigenvalue weighted by Gasteiger charge is 2.47. The van der Waals surface area contributed by atoms with Gasteiger partial charge in [-0.05, 0) is 24.6 Å². The fraction of sp³-hybridized carbons (Fsp3) is 0.320. The van der Waals surface area contributed by atoms with Crippen molar-refractivity contribution in [2.45, 2.75) is 31.3 Å². The molecule has 0 unspecified atom stereocenters. The van der Waals surface area contributed by atoms with Crippen LogP contribution in [-0.4, -0.2) is 67.7 Å². The predicted molar refractivity (Wildman–Crippen MR) is 129 cm³/mol. The SMILES string of the molecule is Cc1nn(C)cc1-c1ccccc1-c1nc2cc(C(=O)N[C@H]3CO[C@H]4[C@@H]3OC[C@H]4O)ccn2c1Cl. The highest BCUT2D eigenvalue weighted by atomic mass is 35.5. The molecule has 1 aromatic carbocycles. The van der Waals surface area contributed by atoms with Gasteiger partial charge in [0.1, 0.15) is 34.8 Å². The number of imidazole rings is 1. The number of halogens is 1. The molecular formula is C25H24ClN5O4. The van der Waals surface area contributed by atoms with Crippen LogP contribution in [0.2, 0.25) is 5.15 Å². The molecule has 180 valence electrons. The number of pyridine rings is 1. The van der Waals surface area contributed by atoms with Crippen molar-refractivity contribution in [2.24, 2.45) is 7.05 Å². The summed E-state index contributed by atoms with van der Waals surface area (Å²) in [4.78, 5) is 17.8. The molecule has 1 amide bonds. The third-order valence-corrected chi connectivity index (χ3v) is 7.02. The number of aryl methyl sites for hydroxylation is 2. The highest BCUT2D eigenvalue weighted by molar-refractivity contribution is 6.32. The molecule has 0 radical (unpaired) electrons. The quantitative estimate of drug-likeness (QED) is 0.453. The zero-order valence-electron chi connectivity index (χ0n) is 19.2. The van der Waals surface area contributed by atoms with Gasteiger partial charge in [-0.25, -0.2) is 4.98 Å². The lowest BCUT2D eigenvalue weighted by Gasteiger charge is -2.17. The van der Waals surface area contributed by atoms with Gasteiger partial charge in [0.25, 0.3) is 5.91 Å². The number of aliphatic hydroxyl groups excluding tert-OH is 1. The Kier molecular flexibility index (Phi) is 5.37. The van der Waals surface area contributed by atoms with E-state index < -0.39 is 12.2 Å². The Labute approximate surface area is 206 Å². The van der Waals surface area contributed by atoms with E-state index in [-0.39, 0.29) is 24.7 Å². The van der Waals surface area contributed by atoms with Gasteiger partial charge < -0.3 is 19.9 Å². The molecule has 6 rings (SSSR count). The molecule has 2 aliphatic heterocycles. The smallest absolute Gasteiger partial charge is 0.251 e. The number of nitrogens with one attached hydrogen (secondary N) is 1. The van der Waals surface area contributed by atoms with Crippen LogP contribution in [0.15, 0.2) is 48.8 Å². The number of aliphatic hydroxyl groups is 1. The fourth-order valence-electron chi connectivity index (χ4n) is 4.97. The van der Waals surface area contributed by atoms with Crippen LogP contribution in [0.4, 0.5) is 0 Å². The van der Waals surface area contributed by atoms with Crippen molar-refractivity contribution in [3.63, 3.8) is 0 Å². The number of aromatic nitrogens is 4. The van der Waals surface area contributed by atoms with Crippen LogP contribution in [0.5, 0.6) is 0 Å². The Hall–Kier alpha value is -3.24. The number of carbonyl (C=O) groups is 1. The minimum atomic E-state index is -0.665. The second kappa shape index (κ2) is 8.46. The number of amides is 1. The average Bonchev–Trinajstić information content (AvgIpc) is 3.59.